The Labute approximate surface area is 157 Å². The van der Waals surface area contributed by atoms with Crippen molar-refractivity contribution in [1.82, 2.24) is 19.7 Å². The van der Waals surface area contributed by atoms with Gasteiger partial charge in [0.25, 0.3) is 4.84 Å². The minimum absolute atomic E-state index is 0.102. The van der Waals surface area contributed by atoms with E-state index in [0.717, 1.165) is 32.0 Å². The standard InChI is InChI=1S/C16H21N5O3S2/c22-26(23)10-4-13(11-26)15-18-21(16(25)24-15)12-19-6-8-20(9-7-19)14-3-1-2-5-17-14/h1-3,5,13H,4,6-12H2/t13-/m1/s1. The van der Waals surface area contributed by atoms with Crippen molar-refractivity contribution in [2.45, 2.75) is 19.0 Å². The van der Waals surface area contributed by atoms with Crippen LogP contribution in [0.3, 0.4) is 0 Å². The maximum atomic E-state index is 11.7. The van der Waals surface area contributed by atoms with Gasteiger partial charge in [-0.2, -0.15) is 0 Å². The lowest BCUT2D eigenvalue weighted by Gasteiger charge is -2.34. The molecule has 0 radical (unpaired) electrons. The van der Waals surface area contributed by atoms with Crippen LogP contribution in [-0.4, -0.2) is 65.8 Å². The SMILES string of the molecule is O=S1(=O)CC[C@@H](c2nn(CN3CCN(c4ccccn4)CC3)c(=S)o2)C1. The van der Waals surface area contributed by atoms with Gasteiger partial charge >= 0.3 is 0 Å². The van der Waals surface area contributed by atoms with Crippen LogP contribution in [0.25, 0.3) is 0 Å². The van der Waals surface area contributed by atoms with Gasteiger partial charge in [-0.05, 0) is 30.8 Å². The molecule has 0 aliphatic carbocycles. The lowest BCUT2D eigenvalue weighted by molar-refractivity contribution is 0.192. The monoisotopic (exact) mass is 395 g/mol. The molecule has 0 spiro atoms. The summed E-state index contributed by atoms with van der Waals surface area (Å²) in [7, 11) is -2.97. The Morgan fingerprint density at radius 2 is 2.04 bits per heavy atom. The molecule has 0 amide bonds. The molecule has 0 aromatic carbocycles. The Kier molecular flexibility index (Phi) is 4.80. The maximum Gasteiger partial charge on any atom is 0.288 e. The fourth-order valence-corrected chi connectivity index (χ4v) is 5.33. The first-order valence-electron chi connectivity index (χ1n) is 8.67. The molecular formula is C16H21N5O3S2. The highest BCUT2D eigenvalue weighted by atomic mass is 32.2. The molecule has 140 valence electrons. The first-order valence-corrected chi connectivity index (χ1v) is 10.9. The van der Waals surface area contributed by atoms with E-state index in [1.54, 1.807) is 10.9 Å². The fourth-order valence-electron chi connectivity index (χ4n) is 3.42. The zero-order valence-corrected chi connectivity index (χ0v) is 16.0. The second kappa shape index (κ2) is 7.09. The molecule has 2 saturated heterocycles. The van der Waals surface area contributed by atoms with E-state index in [-0.39, 0.29) is 17.4 Å². The minimum Gasteiger partial charge on any atom is -0.414 e. The van der Waals surface area contributed by atoms with Gasteiger partial charge in [0, 0.05) is 32.4 Å². The van der Waals surface area contributed by atoms with Crippen LogP contribution >= 0.6 is 12.2 Å². The molecule has 2 aliphatic rings. The van der Waals surface area contributed by atoms with E-state index >= 15 is 0 Å². The van der Waals surface area contributed by atoms with Crippen LogP contribution in [0.5, 0.6) is 0 Å². The third-order valence-corrected chi connectivity index (χ3v) is 6.95. The molecule has 2 aliphatic heterocycles. The van der Waals surface area contributed by atoms with Crippen LogP contribution in [0.2, 0.25) is 0 Å². The van der Waals surface area contributed by atoms with Crippen molar-refractivity contribution >= 4 is 27.9 Å². The zero-order valence-electron chi connectivity index (χ0n) is 14.3. The van der Waals surface area contributed by atoms with Crippen molar-refractivity contribution in [1.29, 1.82) is 0 Å². The molecule has 2 aromatic rings. The normalized spacial score (nSPS) is 23.4. The van der Waals surface area contributed by atoms with Crippen LogP contribution < -0.4 is 4.90 Å². The molecule has 26 heavy (non-hydrogen) atoms. The number of nitrogens with zero attached hydrogens (tertiary/aromatic N) is 5. The van der Waals surface area contributed by atoms with Gasteiger partial charge in [0.1, 0.15) is 5.82 Å². The van der Waals surface area contributed by atoms with Crippen molar-refractivity contribution in [2.24, 2.45) is 0 Å². The summed E-state index contributed by atoms with van der Waals surface area (Å²) in [5.74, 6) is 1.56. The van der Waals surface area contributed by atoms with Crippen LogP contribution in [0.1, 0.15) is 18.2 Å². The topological polar surface area (TPSA) is 84.5 Å². The number of sulfone groups is 1. The quantitative estimate of drug-likeness (QED) is 0.716. The van der Waals surface area contributed by atoms with Gasteiger partial charge in [-0.1, -0.05) is 6.07 Å². The lowest BCUT2D eigenvalue weighted by Crippen LogP contribution is -2.47. The van der Waals surface area contributed by atoms with Gasteiger partial charge in [0.05, 0.1) is 24.1 Å². The molecule has 0 unspecified atom stereocenters. The van der Waals surface area contributed by atoms with E-state index in [1.165, 1.54) is 0 Å². The Balaban J connectivity index is 1.38. The number of anilines is 1. The highest BCUT2D eigenvalue weighted by molar-refractivity contribution is 7.91. The predicted molar refractivity (Wildman–Crippen MR) is 99.4 cm³/mol. The average molecular weight is 396 g/mol. The summed E-state index contributed by atoms with van der Waals surface area (Å²) in [6, 6.07) is 5.93. The van der Waals surface area contributed by atoms with Gasteiger partial charge < -0.3 is 9.32 Å². The Hall–Kier alpha value is -1.78. The summed E-state index contributed by atoms with van der Waals surface area (Å²) in [6.07, 6.45) is 2.36. The molecule has 0 saturated carbocycles. The van der Waals surface area contributed by atoms with Gasteiger partial charge in [0.2, 0.25) is 5.89 Å². The molecule has 0 bridgehead atoms. The second-order valence-electron chi connectivity index (χ2n) is 6.74. The van der Waals surface area contributed by atoms with E-state index in [4.69, 9.17) is 16.6 Å². The predicted octanol–water partition coefficient (Wildman–Crippen LogP) is 1.28. The van der Waals surface area contributed by atoms with E-state index in [0.29, 0.717) is 23.8 Å². The first kappa shape index (κ1) is 17.6. The van der Waals surface area contributed by atoms with E-state index in [9.17, 15) is 8.42 Å². The van der Waals surface area contributed by atoms with E-state index in [2.05, 4.69) is 19.9 Å². The molecule has 8 nitrogen and oxygen atoms in total. The highest BCUT2D eigenvalue weighted by Crippen LogP contribution is 2.27. The smallest absolute Gasteiger partial charge is 0.288 e. The van der Waals surface area contributed by atoms with Gasteiger partial charge in [-0.3, -0.25) is 4.90 Å². The largest absolute Gasteiger partial charge is 0.414 e. The Morgan fingerprint density at radius 3 is 2.69 bits per heavy atom. The van der Waals surface area contributed by atoms with Gasteiger partial charge in [0.15, 0.2) is 9.84 Å². The van der Waals surface area contributed by atoms with Crippen molar-refractivity contribution in [3.05, 3.63) is 35.1 Å². The van der Waals surface area contributed by atoms with Gasteiger partial charge in [-0.15, -0.1) is 5.10 Å². The number of hydrogen-bond acceptors (Lipinski definition) is 8. The third-order valence-electron chi connectivity index (χ3n) is 4.88. The highest BCUT2D eigenvalue weighted by Gasteiger charge is 2.33. The zero-order chi connectivity index (χ0) is 18.1. The number of hydrogen-bond donors (Lipinski definition) is 0. The summed E-state index contributed by atoms with van der Waals surface area (Å²) in [5.41, 5.74) is 0. The van der Waals surface area contributed by atoms with E-state index < -0.39 is 9.84 Å². The molecule has 1 atom stereocenters. The molecule has 2 fully saturated rings. The van der Waals surface area contributed by atoms with E-state index in [1.807, 2.05) is 18.2 Å². The van der Waals surface area contributed by atoms with Crippen molar-refractivity contribution < 1.29 is 12.8 Å². The number of aromatic nitrogens is 3. The number of rotatable bonds is 4. The molecule has 2 aromatic heterocycles. The Bertz CT molecular complexity index is 917. The van der Waals surface area contributed by atoms with Crippen LogP contribution in [-0.2, 0) is 16.5 Å². The van der Waals surface area contributed by atoms with Crippen molar-refractivity contribution in [2.75, 3.05) is 42.6 Å². The Morgan fingerprint density at radius 1 is 1.23 bits per heavy atom. The third kappa shape index (κ3) is 3.81. The van der Waals surface area contributed by atoms with Crippen LogP contribution in [0.4, 0.5) is 5.82 Å². The summed E-state index contributed by atoms with van der Waals surface area (Å²) in [6.45, 7) is 4.07. The maximum absolute atomic E-state index is 11.7. The van der Waals surface area contributed by atoms with Crippen LogP contribution in [0.15, 0.2) is 28.8 Å². The average Bonchev–Trinajstić information content (AvgIpc) is 3.19. The summed E-state index contributed by atoms with van der Waals surface area (Å²) in [5, 5.41) is 4.44. The molecular weight excluding hydrogens is 374 g/mol. The number of piperazine rings is 1. The number of pyridine rings is 1. The van der Waals surface area contributed by atoms with Crippen molar-refractivity contribution in [3.8, 4) is 0 Å². The molecule has 0 N–H and O–H groups in total. The lowest BCUT2D eigenvalue weighted by atomic mass is 10.1. The second-order valence-corrected chi connectivity index (χ2v) is 9.32. The molecule has 4 heterocycles. The summed E-state index contributed by atoms with van der Waals surface area (Å²) in [4.78, 5) is 9.21. The molecule has 10 heteroatoms. The fraction of sp³-hybridized carbons (Fsp3) is 0.562. The van der Waals surface area contributed by atoms with Gasteiger partial charge in [-0.25, -0.2) is 18.1 Å². The first-order chi connectivity index (χ1) is 12.5. The summed E-state index contributed by atoms with van der Waals surface area (Å²) >= 11 is 5.27. The van der Waals surface area contributed by atoms with Crippen LogP contribution in [0, 0.1) is 4.84 Å². The van der Waals surface area contributed by atoms with Crippen molar-refractivity contribution in [3.63, 3.8) is 0 Å². The molecule has 4 rings (SSSR count). The summed E-state index contributed by atoms with van der Waals surface area (Å²) < 4.78 is 30.5. The minimum atomic E-state index is -2.97.